The largest absolute Gasteiger partial charge is 0.507 e. The molecule has 0 aliphatic carbocycles. The maximum Gasteiger partial charge on any atom is 0.310 e. The van der Waals surface area contributed by atoms with E-state index in [2.05, 4.69) is 4.90 Å². The molecule has 0 amide bonds. The average Bonchev–Trinajstić information content (AvgIpc) is 2.95. The van der Waals surface area contributed by atoms with Crippen LogP contribution in [-0.2, 0) is 16.1 Å². The van der Waals surface area contributed by atoms with Gasteiger partial charge in [-0.1, -0.05) is 0 Å². The fraction of sp³-hybridized carbons (Fsp3) is 0.500. The minimum absolute atomic E-state index is 0.102. The Hall–Kier alpha value is -2.34. The molecular formula is C20H25NO5. The lowest BCUT2D eigenvalue weighted by Crippen LogP contribution is -2.39. The SMILES string of the molecule is CCOC(=O)C1CCCN(Cc2c(O)ccc3c2OC(=C(C)C)C3=O)C1. The molecule has 1 fully saturated rings. The maximum atomic E-state index is 12.5. The number of carbonyl (C=O) groups is 2. The number of piperidine rings is 1. The zero-order valence-corrected chi connectivity index (χ0v) is 15.5. The molecule has 1 unspecified atom stereocenters. The Labute approximate surface area is 153 Å². The van der Waals surface area contributed by atoms with E-state index >= 15 is 0 Å². The third kappa shape index (κ3) is 3.46. The monoisotopic (exact) mass is 359 g/mol. The Morgan fingerprint density at radius 3 is 2.85 bits per heavy atom. The molecule has 6 nitrogen and oxygen atoms in total. The average molecular weight is 359 g/mol. The summed E-state index contributed by atoms with van der Waals surface area (Å²) in [6, 6.07) is 3.14. The molecule has 1 atom stereocenters. The van der Waals surface area contributed by atoms with Gasteiger partial charge in [0.2, 0.25) is 5.78 Å². The molecule has 2 heterocycles. The van der Waals surface area contributed by atoms with Crippen molar-refractivity contribution in [3.8, 4) is 11.5 Å². The van der Waals surface area contributed by atoms with Crippen molar-refractivity contribution in [2.24, 2.45) is 5.92 Å². The Balaban J connectivity index is 1.82. The number of rotatable bonds is 4. The van der Waals surface area contributed by atoms with E-state index in [0.29, 0.717) is 42.3 Å². The molecule has 0 saturated carbocycles. The Morgan fingerprint density at radius 2 is 2.15 bits per heavy atom. The number of hydrogen-bond acceptors (Lipinski definition) is 6. The van der Waals surface area contributed by atoms with E-state index in [-0.39, 0.29) is 23.4 Å². The second-order valence-corrected chi connectivity index (χ2v) is 7.03. The molecule has 3 rings (SSSR count). The standard InChI is InChI=1S/C20H25NO5/c1-4-25-20(24)13-6-5-9-21(10-13)11-15-16(22)8-7-14-17(23)18(12(2)3)26-19(14)15/h7-8,13,22H,4-6,9-11H2,1-3H3. The Bertz CT molecular complexity index is 764. The van der Waals surface area contributed by atoms with E-state index in [1.165, 1.54) is 6.07 Å². The van der Waals surface area contributed by atoms with Gasteiger partial charge in [-0.3, -0.25) is 14.5 Å². The van der Waals surface area contributed by atoms with Crippen LogP contribution in [0.1, 0.15) is 49.5 Å². The highest BCUT2D eigenvalue weighted by Crippen LogP contribution is 2.40. The molecule has 6 heteroatoms. The maximum absolute atomic E-state index is 12.5. The van der Waals surface area contributed by atoms with E-state index < -0.39 is 0 Å². The summed E-state index contributed by atoms with van der Waals surface area (Å²) < 4.78 is 10.9. The van der Waals surface area contributed by atoms with E-state index in [9.17, 15) is 14.7 Å². The number of ether oxygens (including phenoxy) is 2. The van der Waals surface area contributed by atoms with Crippen LogP contribution in [0.3, 0.4) is 0 Å². The van der Waals surface area contributed by atoms with Crippen molar-refractivity contribution in [1.82, 2.24) is 4.90 Å². The van der Waals surface area contributed by atoms with Crippen molar-refractivity contribution < 1.29 is 24.2 Å². The molecule has 1 N–H and O–H groups in total. The number of nitrogens with zero attached hydrogens (tertiary/aromatic N) is 1. The van der Waals surface area contributed by atoms with Crippen LogP contribution >= 0.6 is 0 Å². The molecular weight excluding hydrogens is 334 g/mol. The van der Waals surface area contributed by atoms with Crippen molar-refractivity contribution in [2.75, 3.05) is 19.7 Å². The molecule has 0 spiro atoms. The molecule has 1 saturated heterocycles. The highest BCUT2D eigenvalue weighted by Gasteiger charge is 2.33. The predicted molar refractivity (Wildman–Crippen MR) is 96.1 cm³/mol. The topological polar surface area (TPSA) is 76.1 Å². The minimum Gasteiger partial charge on any atom is -0.507 e. The highest BCUT2D eigenvalue weighted by atomic mass is 16.5. The van der Waals surface area contributed by atoms with Crippen LogP contribution in [0.15, 0.2) is 23.5 Å². The number of Topliss-reactive ketones (excluding diaryl/α,β-unsaturated/α-hetero) is 1. The van der Waals surface area contributed by atoms with Gasteiger partial charge < -0.3 is 14.6 Å². The second kappa shape index (κ2) is 7.50. The third-order valence-electron chi connectivity index (χ3n) is 4.85. The van der Waals surface area contributed by atoms with Crippen molar-refractivity contribution in [1.29, 1.82) is 0 Å². The van der Waals surface area contributed by atoms with Gasteiger partial charge in [0.05, 0.1) is 23.7 Å². The van der Waals surface area contributed by atoms with Gasteiger partial charge in [0, 0.05) is 13.1 Å². The zero-order valence-electron chi connectivity index (χ0n) is 15.5. The lowest BCUT2D eigenvalue weighted by atomic mass is 9.97. The number of benzene rings is 1. The first kappa shape index (κ1) is 18.5. The van der Waals surface area contributed by atoms with Gasteiger partial charge >= 0.3 is 5.97 Å². The van der Waals surface area contributed by atoms with Gasteiger partial charge in [-0.25, -0.2) is 0 Å². The number of likely N-dealkylation sites (tertiary alicyclic amines) is 1. The summed E-state index contributed by atoms with van der Waals surface area (Å²) in [4.78, 5) is 26.6. The summed E-state index contributed by atoms with van der Waals surface area (Å²) in [6.45, 7) is 7.66. The summed E-state index contributed by atoms with van der Waals surface area (Å²) in [5, 5.41) is 10.4. The number of phenols is 1. The third-order valence-corrected chi connectivity index (χ3v) is 4.85. The van der Waals surface area contributed by atoms with E-state index in [1.54, 1.807) is 13.0 Å². The van der Waals surface area contributed by atoms with E-state index in [4.69, 9.17) is 9.47 Å². The Morgan fingerprint density at radius 1 is 1.38 bits per heavy atom. The summed E-state index contributed by atoms with van der Waals surface area (Å²) in [6.07, 6.45) is 1.70. The molecule has 0 aromatic heterocycles. The number of allylic oxidation sites excluding steroid dienone is 2. The summed E-state index contributed by atoms with van der Waals surface area (Å²) in [5.74, 6) is 0.393. The Kier molecular flexibility index (Phi) is 5.32. The molecule has 140 valence electrons. The van der Waals surface area contributed by atoms with Crippen LogP contribution in [0.4, 0.5) is 0 Å². The molecule has 1 aromatic rings. The van der Waals surface area contributed by atoms with Gasteiger partial charge in [-0.15, -0.1) is 0 Å². The lowest BCUT2D eigenvalue weighted by Gasteiger charge is -2.31. The second-order valence-electron chi connectivity index (χ2n) is 7.03. The molecule has 2 aliphatic heterocycles. The minimum atomic E-state index is -0.169. The molecule has 1 aromatic carbocycles. The van der Waals surface area contributed by atoms with E-state index in [0.717, 1.165) is 25.0 Å². The number of carbonyl (C=O) groups excluding carboxylic acids is 2. The first-order valence-corrected chi connectivity index (χ1v) is 9.06. The van der Waals surface area contributed by atoms with Crippen LogP contribution < -0.4 is 4.74 Å². The van der Waals surface area contributed by atoms with Gasteiger partial charge in [-0.05, 0) is 57.9 Å². The van der Waals surface area contributed by atoms with Crippen molar-refractivity contribution in [3.05, 3.63) is 34.6 Å². The predicted octanol–water partition coefficient (Wildman–Crippen LogP) is 3.04. The molecule has 0 bridgehead atoms. The fourth-order valence-corrected chi connectivity index (χ4v) is 3.54. The van der Waals surface area contributed by atoms with Crippen molar-refractivity contribution >= 4 is 11.8 Å². The summed E-state index contributed by atoms with van der Waals surface area (Å²) in [5.41, 5.74) is 1.88. The number of hydrogen-bond donors (Lipinski definition) is 1. The zero-order chi connectivity index (χ0) is 18.8. The van der Waals surface area contributed by atoms with Crippen LogP contribution in [-0.4, -0.2) is 41.5 Å². The quantitative estimate of drug-likeness (QED) is 0.658. The smallest absolute Gasteiger partial charge is 0.310 e. The number of esters is 1. The normalized spacial score (nSPS) is 19.9. The van der Waals surface area contributed by atoms with Crippen molar-refractivity contribution in [2.45, 2.75) is 40.2 Å². The van der Waals surface area contributed by atoms with Gasteiger partial charge in [-0.2, -0.15) is 0 Å². The number of aromatic hydroxyl groups is 1. The van der Waals surface area contributed by atoms with Gasteiger partial charge in [0.1, 0.15) is 11.5 Å². The highest BCUT2D eigenvalue weighted by molar-refractivity contribution is 6.13. The van der Waals surface area contributed by atoms with Crippen LogP contribution in [0.25, 0.3) is 0 Å². The van der Waals surface area contributed by atoms with Gasteiger partial charge in [0.25, 0.3) is 0 Å². The van der Waals surface area contributed by atoms with Crippen LogP contribution in [0.2, 0.25) is 0 Å². The number of fused-ring (bicyclic) bond motifs is 1. The summed E-state index contributed by atoms with van der Waals surface area (Å²) >= 11 is 0. The van der Waals surface area contributed by atoms with E-state index in [1.807, 2.05) is 13.8 Å². The van der Waals surface area contributed by atoms with Crippen molar-refractivity contribution in [3.63, 3.8) is 0 Å². The molecule has 0 radical (unpaired) electrons. The lowest BCUT2D eigenvalue weighted by molar-refractivity contribution is -0.150. The first-order chi connectivity index (χ1) is 12.4. The van der Waals surface area contributed by atoms with Crippen LogP contribution in [0.5, 0.6) is 11.5 Å². The fourth-order valence-electron chi connectivity index (χ4n) is 3.54. The number of ketones is 1. The first-order valence-electron chi connectivity index (χ1n) is 9.06. The molecule has 2 aliphatic rings. The van der Waals surface area contributed by atoms with Gasteiger partial charge in [0.15, 0.2) is 5.76 Å². The van der Waals surface area contributed by atoms with Crippen LogP contribution in [0, 0.1) is 5.92 Å². The molecule has 26 heavy (non-hydrogen) atoms. The summed E-state index contributed by atoms with van der Waals surface area (Å²) in [7, 11) is 0. The number of phenolic OH excluding ortho intramolecular Hbond substituents is 1.